The first-order valence-electron chi connectivity index (χ1n) is 15.1. The van der Waals surface area contributed by atoms with Crippen LogP contribution in [0.15, 0.2) is 24.3 Å². The lowest BCUT2D eigenvalue weighted by Gasteiger charge is -2.38. The molecule has 0 bridgehead atoms. The Morgan fingerprint density at radius 2 is 1.03 bits per heavy atom. The molecule has 0 spiro atoms. The molecule has 2 saturated carbocycles. The van der Waals surface area contributed by atoms with Gasteiger partial charge in [-0.3, -0.25) is 0 Å². The summed E-state index contributed by atoms with van der Waals surface area (Å²) in [5, 5.41) is 0. The minimum atomic E-state index is 0.781. The van der Waals surface area contributed by atoms with Crippen LogP contribution in [-0.4, -0.2) is 0 Å². The number of hydrogen-bond acceptors (Lipinski definition) is 1. The van der Waals surface area contributed by atoms with Crippen LogP contribution in [0.2, 0.25) is 0 Å². The largest absolute Gasteiger partial charge is 0.399 e. The van der Waals surface area contributed by atoms with Crippen molar-refractivity contribution < 1.29 is 0 Å². The molecular formula is C32H55N. The van der Waals surface area contributed by atoms with E-state index in [1.807, 2.05) is 0 Å². The third kappa shape index (κ3) is 10.0. The standard InChI is InChI=1S/C32H55N/c1-2-3-4-5-6-7-8-9-10-11-12-13-14-27-15-17-28(18-16-27)29-19-21-30(22-20-29)31-23-25-32(33)26-24-31/h23-30H,2-22,33H2,1H3. The van der Waals surface area contributed by atoms with Gasteiger partial charge in [-0.1, -0.05) is 115 Å². The van der Waals surface area contributed by atoms with Crippen molar-refractivity contribution in [3.8, 4) is 0 Å². The van der Waals surface area contributed by atoms with E-state index >= 15 is 0 Å². The minimum absolute atomic E-state index is 0.781. The third-order valence-electron chi connectivity index (χ3n) is 9.20. The minimum Gasteiger partial charge on any atom is -0.399 e. The van der Waals surface area contributed by atoms with E-state index in [1.54, 1.807) is 0 Å². The van der Waals surface area contributed by atoms with Gasteiger partial charge in [0.15, 0.2) is 0 Å². The van der Waals surface area contributed by atoms with Crippen molar-refractivity contribution in [2.75, 3.05) is 5.73 Å². The molecule has 0 atom stereocenters. The Balaban J connectivity index is 1.16. The van der Waals surface area contributed by atoms with Crippen LogP contribution in [0.25, 0.3) is 0 Å². The molecule has 2 N–H and O–H groups in total. The molecule has 1 nitrogen and oxygen atoms in total. The van der Waals surface area contributed by atoms with Gasteiger partial charge >= 0.3 is 0 Å². The molecule has 0 aliphatic heterocycles. The van der Waals surface area contributed by atoms with Gasteiger partial charge in [-0.2, -0.15) is 0 Å². The van der Waals surface area contributed by atoms with Crippen LogP contribution >= 0.6 is 0 Å². The average molecular weight is 454 g/mol. The summed E-state index contributed by atoms with van der Waals surface area (Å²) in [7, 11) is 0. The first-order chi connectivity index (χ1) is 16.3. The van der Waals surface area contributed by atoms with Crippen LogP contribution in [0, 0.1) is 17.8 Å². The highest BCUT2D eigenvalue weighted by atomic mass is 14.5. The van der Waals surface area contributed by atoms with Crippen molar-refractivity contribution in [2.24, 2.45) is 17.8 Å². The van der Waals surface area contributed by atoms with E-state index in [0.717, 1.165) is 29.4 Å². The SMILES string of the molecule is CCCCCCCCCCCCCCC1CCC(C2CCC(c3ccc(N)cc3)CC2)CC1. The van der Waals surface area contributed by atoms with Gasteiger partial charge in [0.2, 0.25) is 0 Å². The summed E-state index contributed by atoms with van der Waals surface area (Å²) in [5.41, 5.74) is 8.29. The summed E-state index contributed by atoms with van der Waals surface area (Å²) in [5.74, 6) is 3.89. The molecule has 1 aromatic rings. The topological polar surface area (TPSA) is 26.0 Å². The number of unbranched alkanes of at least 4 members (excludes halogenated alkanes) is 11. The number of rotatable bonds is 15. The Morgan fingerprint density at radius 1 is 0.576 bits per heavy atom. The fourth-order valence-corrected chi connectivity index (χ4v) is 6.91. The second kappa shape index (κ2) is 15.8. The van der Waals surface area contributed by atoms with Gasteiger partial charge in [-0.25, -0.2) is 0 Å². The van der Waals surface area contributed by atoms with Crippen molar-refractivity contribution in [3.63, 3.8) is 0 Å². The molecule has 33 heavy (non-hydrogen) atoms. The van der Waals surface area contributed by atoms with Crippen molar-refractivity contribution in [1.82, 2.24) is 0 Å². The maximum atomic E-state index is 5.87. The number of anilines is 1. The van der Waals surface area contributed by atoms with E-state index in [2.05, 4.69) is 31.2 Å². The number of nitrogen functional groups attached to an aromatic ring is 1. The summed E-state index contributed by atoms with van der Waals surface area (Å²) in [6.45, 7) is 2.31. The number of nitrogens with two attached hydrogens (primary N) is 1. The summed E-state index contributed by atoms with van der Waals surface area (Å²) >= 11 is 0. The number of benzene rings is 1. The van der Waals surface area contributed by atoms with Crippen molar-refractivity contribution in [2.45, 2.75) is 148 Å². The monoisotopic (exact) mass is 453 g/mol. The lowest BCUT2D eigenvalue weighted by Crippen LogP contribution is -2.25. The highest BCUT2D eigenvalue weighted by Crippen LogP contribution is 2.44. The Morgan fingerprint density at radius 3 is 1.55 bits per heavy atom. The second-order valence-electron chi connectivity index (χ2n) is 11.7. The Bertz CT molecular complexity index is 589. The van der Waals surface area contributed by atoms with E-state index in [4.69, 9.17) is 5.73 Å². The van der Waals surface area contributed by atoms with Crippen molar-refractivity contribution in [3.05, 3.63) is 29.8 Å². The molecule has 0 saturated heterocycles. The van der Waals surface area contributed by atoms with Gasteiger partial charge < -0.3 is 5.73 Å². The highest BCUT2D eigenvalue weighted by molar-refractivity contribution is 5.40. The van der Waals surface area contributed by atoms with Crippen LogP contribution in [0.5, 0.6) is 0 Å². The van der Waals surface area contributed by atoms with Gasteiger partial charge in [-0.15, -0.1) is 0 Å². The normalized spacial score (nSPS) is 25.8. The molecule has 2 aliphatic carbocycles. The van der Waals surface area contributed by atoms with E-state index < -0.39 is 0 Å². The molecule has 1 aromatic carbocycles. The maximum Gasteiger partial charge on any atom is 0.0314 e. The maximum absolute atomic E-state index is 5.87. The van der Waals surface area contributed by atoms with Crippen LogP contribution in [0.4, 0.5) is 5.69 Å². The molecule has 0 unspecified atom stereocenters. The average Bonchev–Trinajstić information content (AvgIpc) is 2.86. The molecule has 3 rings (SSSR count). The first-order valence-corrected chi connectivity index (χ1v) is 15.1. The van der Waals surface area contributed by atoms with E-state index in [1.165, 1.54) is 140 Å². The van der Waals surface area contributed by atoms with Crippen molar-refractivity contribution >= 4 is 5.69 Å². The molecule has 0 aromatic heterocycles. The fourth-order valence-electron chi connectivity index (χ4n) is 6.91. The fraction of sp³-hybridized carbons (Fsp3) is 0.812. The van der Waals surface area contributed by atoms with Crippen molar-refractivity contribution in [1.29, 1.82) is 0 Å². The van der Waals surface area contributed by atoms with E-state index in [9.17, 15) is 0 Å². The molecule has 2 fully saturated rings. The van der Waals surface area contributed by atoms with Crippen LogP contribution in [0.1, 0.15) is 153 Å². The zero-order chi connectivity index (χ0) is 23.1. The van der Waals surface area contributed by atoms with Crippen LogP contribution in [0.3, 0.4) is 0 Å². The molecule has 0 heterocycles. The Hall–Kier alpha value is -0.980. The van der Waals surface area contributed by atoms with Crippen LogP contribution in [-0.2, 0) is 0 Å². The number of hydrogen-bond donors (Lipinski definition) is 1. The van der Waals surface area contributed by atoms with Gasteiger partial charge in [0.25, 0.3) is 0 Å². The summed E-state index contributed by atoms with van der Waals surface area (Å²) < 4.78 is 0. The summed E-state index contributed by atoms with van der Waals surface area (Å²) in [4.78, 5) is 0. The third-order valence-corrected chi connectivity index (χ3v) is 9.20. The first kappa shape index (κ1) is 26.6. The highest BCUT2D eigenvalue weighted by Gasteiger charge is 2.31. The molecule has 0 amide bonds. The van der Waals surface area contributed by atoms with E-state index in [-0.39, 0.29) is 0 Å². The second-order valence-corrected chi connectivity index (χ2v) is 11.7. The Kier molecular flexibility index (Phi) is 12.8. The van der Waals surface area contributed by atoms with Gasteiger partial charge in [-0.05, 0) is 79.9 Å². The molecule has 0 radical (unpaired) electrons. The zero-order valence-electron chi connectivity index (χ0n) is 22.0. The zero-order valence-corrected chi connectivity index (χ0v) is 22.0. The predicted molar refractivity (Wildman–Crippen MR) is 147 cm³/mol. The van der Waals surface area contributed by atoms with Gasteiger partial charge in [0.1, 0.15) is 0 Å². The summed E-state index contributed by atoms with van der Waals surface area (Å²) in [6, 6.07) is 8.70. The molecular weight excluding hydrogens is 398 g/mol. The Labute approximate surface area is 206 Å². The quantitative estimate of drug-likeness (QED) is 0.207. The smallest absolute Gasteiger partial charge is 0.0314 e. The molecule has 2 aliphatic rings. The molecule has 1 heteroatoms. The lowest BCUT2D eigenvalue weighted by atomic mass is 9.68. The molecule has 188 valence electrons. The van der Waals surface area contributed by atoms with E-state index in [0.29, 0.717) is 0 Å². The predicted octanol–water partition coefficient (Wildman–Crippen LogP) is 10.4. The summed E-state index contributed by atoms with van der Waals surface area (Å²) in [6.07, 6.45) is 31.0. The lowest BCUT2D eigenvalue weighted by molar-refractivity contribution is 0.155. The van der Waals surface area contributed by atoms with Gasteiger partial charge in [0, 0.05) is 5.69 Å². The van der Waals surface area contributed by atoms with Gasteiger partial charge in [0.05, 0.1) is 0 Å². The van der Waals surface area contributed by atoms with Crippen LogP contribution < -0.4 is 5.73 Å².